The van der Waals surface area contributed by atoms with Gasteiger partial charge in [0.25, 0.3) is 0 Å². The van der Waals surface area contributed by atoms with E-state index in [4.69, 9.17) is 9.47 Å². The highest BCUT2D eigenvalue weighted by Gasteiger charge is 2.14. The maximum atomic E-state index is 5.71. The molecule has 21 heavy (non-hydrogen) atoms. The Balaban J connectivity index is 2.23. The van der Waals surface area contributed by atoms with Gasteiger partial charge < -0.3 is 14.8 Å². The first-order valence-corrected chi connectivity index (χ1v) is 7.20. The van der Waals surface area contributed by atoms with E-state index in [0.29, 0.717) is 13.2 Å². The molecule has 0 spiro atoms. The van der Waals surface area contributed by atoms with Crippen molar-refractivity contribution in [2.45, 2.75) is 13.5 Å². The molecule has 1 N–H and O–H groups in total. The monoisotopic (exact) mass is 289 g/mol. The summed E-state index contributed by atoms with van der Waals surface area (Å²) in [5.41, 5.74) is 3.15. The molecule has 0 atom stereocenters. The Morgan fingerprint density at radius 3 is 2.86 bits per heavy atom. The van der Waals surface area contributed by atoms with Crippen LogP contribution in [0.25, 0.3) is 11.3 Å². The van der Waals surface area contributed by atoms with Crippen LogP contribution in [-0.2, 0) is 18.3 Å². The average molecular weight is 289 g/mol. The van der Waals surface area contributed by atoms with Gasteiger partial charge in [0.1, 0.15) is 11.4 Å². The quantitative estimate of drug-likeness (QED) is 0.757. The number of methoxy groups -OCH3 is 1. The molecule has 2 aromatic rings. The second-order valence-corrected chi connectivity index (χ2v) is 4.78. The lowest BCUT2D eigenvalue weighted by molar-refractivity contribution is 0.199. The van der Waals surface area contributed by atoms with Crippen molar-refractivity contribution >= 4 is 0 Å². The summed E-state index contributed by atoms with van der Waals surface area (Å²) < 4.78 is 12.6. The fourth-order valence-corrected chi connectivity index (χ4v) is 2.23. The minimum absolute atomic E-state index is 0.644. The van der Waals surface area contributed by atoms with E-state index in [1.54, 1.807) is 7.11 Å². The van der Waals surface area contributed by atoms with Gasteiger partial charge in [-0.2, -0.15) is 5.10 Å². The molecular formula is C16H23N3O2. The number of aryl methyl sites for hydroxylation is 1. The Morgan fingerprint density at radius 2 is 2.10 bits per heavy atom. The van der Waals surface area contributed by atoms with E-state index >= 15 is 0 Å². The molecule has 0 aliphatic carbocycles. The number of ether oxygens (including phenoxy) is 2. The molecule has 0 saturated heterocycles. The molecule has 114 valence electrons. The van der Waals surface area contributed by atoms with Gasteiger partial charge in [-0.15, -0.1) is 0 Å². The van der Waals surface area contributed by atoms with Crippen molar-refractivity contribution in [2.24, 2.45) is 7.05 Å². The third-order valence-corrected chi connectivity index (χ3v) is 3.15. The van der Waals surface area contributed by atoms with E-state index in [0.717, 1.165) is 35.7 Å². The third kappa shape index (κ3) is 4.06. The van der Waals surface area contributed by atoms with Gasteiger partial charge in [0, 0.05) is 44.6 Å². The fraction of sp³-hybridized carbons (Fsp3) is 0.438. The van der Waals surface area contributed by atoms with E-state index in [1.165, 1.54) is 0 Å². The first-order valence-electron chi connectivity index (χ1n) is 7.20. The lowest BCUT2D eigenvalue weighted by atomic mass is 10.1. The lowest BCUT2D eigenvalue weighted by Crippen LogP contribution is -2.18. The Morgan fingerprint density at radius 1 is 1.29 bits per heavy atom. The summed E-state index contributed by atoms with van der Waals surface area (Å²) in [4.78, 5) is 0. The van der Waals surface area contributed by atoms with Crippen LogP contribution in [0.5, 0.6) is 5.75 Å². The van der Waals surface area contributed by atoms with E-state index in [-0.39, 0.29) is 0 Å². The molecule has 0 fully saturated rings. The van der Waals surface area contributed by atoms with Gasteiger partial charge in [0.15, 0.2) is 0 Å². The number of aromatic nitrogens is 2. The van der Waals surface area contributed by atoms with E-state index in [9.17, 15) is 0 Å². The van der Waals surface area contributed by atoms with Crippen LogP contribution < -0.4 is 10.1 Å². The zero-order valence-corrected chi connectivity index (χ0v) is 12.9. The summed E-state index contributed by atoms with van der Waals surface area (Å²) in [7, 11) is 3.64. The Labute approximate surface area is 125 Å². The minimum Gasteiger partial charge on any atom is -0.493 e. The van der Waals surface area contributed by atoms with Crippen molar-refractivity contribution in [1.82, 2.24) is 15.1 Å². The van der Waals surface area contributed by atoms with Crippen molar-refractivity contribution in [3.05, 3.63) is 36.0 Å². The minimum atomic E-state index is 0.644. The molecule has 2 rings (SSSR count). The molecule has 5 nitrogen and oxygen atoms in total. The van der Waals surface area contributed by atoms with Crippen molar-refractivity contribution < 1.29 is 9.47 Å². The first-order chi connectivity index (χ1) is 10.3. The van der Waals surface area contributed by atoms with Crippen LogP contribution >= 0.6 is 0 Å². The van der Waals surface area contributed by atoms with E-state index in [1.807, 2.05) is 49.1 Å². The van der Waals surface area contributed by atoms with Gasteiger partial charge in [-0.05, 0) is 19.1 Å². The highest BCUT2D eigenvalue weighted by Crippen LogP contribution is 2.31. The molecule has 0 bridgehead atoms. The molecule has 5 heteroatoms. The van der Waals surface area contributed by atoms with Crippen molar-refractivity contribution in [1.29, 1.82) is 0 Å². The summed E-state index contributed by atoms with van der Waals surface area (Å²) in [6, 6.07) is 8.02. The van der Waals surface area contributed by atoms with Crippen LogP contribution in [0.3, 0.4) is 0 Å². The summed E-state index contributed by atoms with van der Waals surface area (Å²) >= 11 is 0. The number of nitrogens with one attached hydrogen (secondary N) is 1. The van der Waals surface area contributed by atoms with Crippen LogP contribution in [-0.4, -0.2) is 36.6 Å². The third-order valence-electron chi connectivity index (χ3n) is 3.15. The average Bonchev–Trinajstić information content (AvgIpc) is 2.85. The van der Waals surface area contributed by atoms with Crippen molar-refractivity contribution in [2.75, 3.05) is 26.9 Å². The Bertz CT molecular complexity index is 566. The predicted octanol–water partition coefficient (Wildman–Crippen LogP) is 2.22. The molecule has 0 radical (unpaired) electrons. The number of hydrogen-bond donors (Lipinski definition) is 1. The summed E-state index contributed by atoms with van der Waals surface area (Å²) in [5.74, 6) is 0.872. The highest BCUT2D eigenvalue weighted by atomic mass is 16.5. The van der Waals surface area contributed by atoms with Gasteiger partial charge in [0.2, 0.25) is 0 Å². The van der Waals surface area contributed by atoms with Crippen LogP contribution in [0, 0.1) is 0 Å². The molecule has 0 unspecified atom stereocenters. The number of rotatable bonds is 8. The molecule has 0 aliphatic rings. The molecule has 0 amide bonds. The highest BCUT2D eigenvalue weighted by molar-refractivity contribution is 5.69. The summed E-state index contributed by atoms with van der Waals surface area (Å²) in [5, 5.41) is 7.95. The summed E-state index contributed by atoms with van der Waals surface area (Å²) in [6.45, 7) is 4.91. The molecule has 1 heterocycles. The van der Waals surface area contributed by atoms with Crippen LogP contribution in [0.15, 0.2) is 30.5 Å². The van der Waals surface area contributed by atoms with Crippen molar-refractivity contribution in [3.8, 4) is 17.0 Å². The number of hydrogen-bond acceptors (Lipinski definition) is 4. The zero-order valence-electron chi connectivity index (χ0n) is 12.9. The lowest BCUT2D eigenvalue weighted by Gasteiger charge is -2.10. The number of para-hydroxylation sites is 1. The van der Waals surface area contributed by atoms with Gasteiger partial charge in [0.05, 0.1) is 13.2 Å². The SMILES string of the molecule is CCOc1ccccc1-c1nn(C)cc1CNCCOC. The van der Waals surface area contributed by atoms with Crippen LogP contribution in [0.1, 0.15) is 12.5 Å². The maximum absolute atomic E-state index is 5.71. The number of benzene rings is 1. The van der Waals surface area contributed by atoms with Crippen LogP contribution in [0.2, 0.25) is 0 Å². The largest absolute Gasteiger partial charge is 0.493 e. The summed E-state index contributed by atoms with van der Waals surface area (Å²) in [6.07, 6.45) is 2.04. The first kappa shape index (κ1) is 15.5. The maximum Gasteiger partial charge on any atom is 0.128 e. The molecular weight excluding hydrogens is 266 g/mol. The predicted molar refractivity (Wildman–Crippen MR) is 83.4 cm³/mol. The Hall–Kier alpha value is -1.85. The number of nitrogens with zero attached hydrogens (tertiary/aromatic N) is 2. The molecule has 1 aromatic carbocycles. The normalized spacial score (nSPS) is 10.8. The molecule has 0 saturated carbocycles. The second kappa shape index (κ2) is 7.81. The van der Waals surface area contributed by atoms with Gasteiger partial charge in [-0.1, -0.05) is 12.1 Å². The van der Waals surface area contributed by atoms with Gasteiger partial charge in [-0.3, -0.25) is 4.68 Å². The zero-order chi connectivity index (χ0) is 15.1. The van der Waals surface area contributed by atoms with Gasteiger partial charge >= 0.3 is 0 Å². The second-order valence-electron chi connectivity index (χ2n) is 4.78. The standard InChI is InChI=1S/C16H23N3O2/c1-4-21-15-8-6-5-7-14(15)16-13(12-19(2)18-16)11-17-9-10-20-3/h5-8,12,17H,4,9-11H2,1-3H3. The van der Waals surface area contributed by atoms with Crippen LogP contribution in [0.4, 0.5) is 0 Å². The van der Waals surface area contributed by atoms with E-state index < -0.39 is 0 Å². The Kier molecular flexibility index (Phi) is 5.78. The smallest absolute Gasteiger partial charge is 0.128 e. The van der Waals surface area contributed by atoms with Gasteiger partial charge in [-0.25, -0.2) is 0 Å². The fourth-order valence-electron chi connectivity index (χ4n) is 2.23. The van der Waals surface area contributed by atoms with E-state index in [2.05, 4.69) is 10.4 Å². The molecule has 1 aromatic heterocycles. The van der Waals surface area contributed by atoms with Crippen molar-refractivity contribution in [3.63, 3.8) is 0 Å². The topological polar surface area (TPSA) is 48.3 Å². The molecule has 0 aliphatic heterocycles.